The fraction of sp³-hybridized carbons (Fsp3) is 0.250. The number of hydrogen-bond acceptors (Lipinski definition) is 2. The summed E-state index contributed by atoms with van der Waals surface area (Å²) < 4.78 is 0. The number of thioether (sulfide) groups is 1. The molecule has 0 heterocycles. The largest absolute Gasteiger partial charge is 0.399 e. The van der Waals surface area contributed by atoms with Crippen molar-refractivity contribution in [1.29, 1.82) is 0 Å². The molecule has 2 heteroatoms. The van der Waals surface area contributed by atoms with Crippen LogP contribution < -0.4 is 5.73 Å². The fourth-order valence-corrected chi connectivity index (χ4v) is 2.82. The van der Waals surface area contributed by atoms with E-state index in [4.69, 9.17) is 5.73 Å². The number of hydrogen-bond donors (Lipinski definition) is 1. The van der Waals surface area contributed by atoms with E-state index < -0.39 is 0 Å². The molecule has 0 unspecified atom stereocenters. The first-order chi connectivity index (χ1) is 8.74. The summed E-state index contributed by atoms with van der Waals surface area (Å²) in [6.45, 7) is 2.14. The lowest BCUT2D eigenvalue weighted by Crippen LogP contribution is -1.89. The Bertz CT molecular complexity index is 491. The Morgan fingerprint density at radius 1 is 1.06 bits per heavy atom. The van der Waals surface area contributed by atoms with Crippen LogP contribution in [-0.2, 0) is 6.42 Å². The van der Waals surface area contributed by atoms with Gasteiger partial charge in [0.2, 0.25) is 0 Å². The maximum atomic E-state index is 5.67. The molecule has 0 aliphatic carbocycles. The smallest absolute Gasteiger partial charge is 0.0314 e. The van der Waals surface area contributed by atoms with Crippen LogP contribution >= 0.6 is 11.8 Å². The van der Waals surface area contributed by atoms with Crippen LogP contribution in [0.15, 0.2) is 53.4 Å². The van der Waals surface area contributed by atoms with E-state index in [9.17, 15) is 0 Å². The van der Waals surface area contributed by atoms with Gasteiger partial charge in [-0.25, -0.2) is 0 Å². The van der Waals surface area contributed by atoms with E-state index in [-0.39, 0.29) is 0 Å². The quantitative estimate of drug-likeness (QED) is 0.491. The molecular formula is C16H19NS. The molecule has 0 amide bonds. The Morgan fingerprint density at radius 2 is 1.83 bits per heavy atom. The van der Waals surface area contributed by atoms with Crippen LogP contribution in [0, 0.1) is 6.92 Å². The topological polar surface area (TPSA) is 26.0 Å². The van der Waals surface area contributed by atoms with Crippen molar-refractivity contribution < 1.29 is 0 Å². The summed E-state index contributed by atoms with van der Waals surface area (Å²) in [4.78, 5) is 1.37. The van der Waals surface area contributed by atoms with Crippen LogP contribution in [0.25, 0.3) is 0 Å². The number of benzene rings is 2. The molecule has 0 atom stereocenters. The molecule has 0 spiro atoms. The lowest BCUT2D eigenvalue weighted by molar-refractivity contribution is 0.933. The first kappa shape index (κ1) is 13.0. The summed E-state index contributed by atoms with van der Waals surface area (Å²) in [6.07, 6.45) is 2.32. The van der Waals surface area contributed by atoms with Gasteiger partial charge < -0.3 is 5.73 Å². The zero-order valence-electron chi connectivity index (χ0n) is 10.7. The van der Waals surface area contributed by atoms with E-state index in [1.807, 2.05) is 23.9 Å². The molecule has 0 saturated carbocycles. The highest BCUT2D eigenvalue weighted by Crippen LogP contribution is 2.20. The molecule has 94 valence electrons. The Hall–Kier alpha value is -1.41. The number of anilines is 1. The third kappa shape index (κ3) is 4.11. The van der Waals surface area contributed by atoms with Crippen molar-refractivity contribution in [3.63, 3.8) is 0 Å². The minimum absolute atomic E-state index is 0.841. The molecule has 0 bridgehead atoms. The molecule has 18 heavy (non-hydrogen) atoms. The number of rotatable bonds is 5. The van der Waals surface area contributed by atoms with Crippen molar-refractivity contribution in [3.05, 3.63) is 59.7 Å². The Morgan fingerprint density at radius 3 is 2.56 bits per heavy atom. The third-order valence-electron chi connectivity index (χ3n) is 2.85. The molecule has 2 aromatic rings. The van der Waals surface area contributed by atoms with Crippen molar-refractivity contribution in [2.75, 3.05) is 11.5 Å². The van der Waals surface area contributed by atoms with Gasteiger partial charge in [-0.1, -0.05) is 29.8 Å². The highest BCUT2D eigenvalue weighted by atomic mass is 32.2. The highest BCUT2D eigenvalue weighted by molar-refractivity contribution is 7.99. The molecule has 0 fully saturated rings. The van der Waals surface area contributed by atoms with Crippen LogP contribution in [-0.4, -0.2) is 5.75 Å². The highest BCUT2D eigenvalue weighted by Gasteiger charge is 1.96. The second kappa shape index (κ2) is 6.50. The number of nitrogen functional groups attached to an aromatic ring is 1. The van der Waals surface area contributed by atoms with Crippen LogP contribution in [0.2, 0.25) is 0 Å². The predicted octanol–water partition coefficient (Wildman–Crippen LogP) is 4.30. The second-order valence-electron chi connectivity index (χ2n) is 4.51. The van der Waals surface area contributed by atoms with Gasteiger partial charge in [-0.2, -0.15) is 0 Å². The Kier molecular flexibility index (Phi) is 4.71. The number of nitrogens with two attached hydrogens (primary N) is 1. The second-order valence-corrected chi connectivity index (χ2v) is 5.68. The summed E-state index contributed by atoms with van der Waals surface area (Å²) in [5, 5.41) is 0. The Balaban J connectivity index is 1.74. The lowest BCUT2D eigenvalue weighted by Gasteiger charge is -2.04. The molecule has 0 aromatic heterocycles. The zero-order valence-corrected chi connectivity index (χ0v) is 11.5. The van der Waals surface area contributed by atoms with E-state index in [0.29, 0.717) is 0 Å². The van der Waals surface area contributed by atoms with Gasteiger partial charge in [0.1, 0.15) is 0 Å². The van der Waals surface area contributed by atoms with Gasteiger partial charge in [0.15, 0.2) is 0 Å². The molecule has 2 aromatic carbocycles. The van der Waals surface area contributed by atoms with E-state index in [2.05, 4.69) is 43.3 Å². The predicted molar refractivity (Wildman–Crippen MR) is 81.1 cm³/mol. The van der Waals surface area contributed by atoms with E-state index in [1.165, 1.54) is 22.4 Å². The fourth-order valence-electron chi connectivity index (χ4n) is 1.86. The maximum Gasteiger partial charge on any atom is 0.0314 e. The first-order valence-corrected chi connectivity index (χ1v) is 7.26. The van der Waals surface area contributed by atoms with Crippen LogP contribution in [0.4, 0.5) is 5.69 Å². The van der Waals surface area contributed by atoms with E-state index >= 15 is 0 Å². The Labute approximate surface area is 113 Å². The normalized spacial score (nSPS) is 10.5. The molecule has 0 saturated heterocycles. The van der Waals surface area contributed by atoms with Crippen molar-refractivity contribution in [2.24, 2.45) is 0 Å². The standard InChI is InChI=1S/C16H19NS/c1-13-4-2-6-16(12-13)18-11-3-5-14-7-9-15(17)10-8-14/h2,4,6-10,12H,3,5,11,17H2,1H3. The van der Waals surface area contributed by atoms with Crippen LogP contribution in [0.5, 0.6) is 0 Å². The third-order valence-corrected chi connectivity index (χ3v) is 3.93. The minimum atomic E-state index is 0.841. The summed E-state index contributed by atoms with van der Waals surface area (Å²) >= 11 is 1.93. The van der Waals surface area contributed by atoms with Gasteiger partial charge >= 0.3 is 0 Å². The summed E-state index contributed by atoms with van der Waals surface area (Å²) in [5.41, 5.74) is 9.21. The summed E-state index contributed by atoms with van der Waals surface area (Å²) in [7, 11) is 0. The van der Waals surface area contributed by atoms with Gasteiger partial charge in [-0.3, -0.25) is 0 Å². The van der Waals surface area contributed by atoms with Crippen molar-refractivity contribution in [3.8, 4) is 0 Å². The van der Waals surface area contributed by atoms with Crippen molar-refractivity contribution in [1.82, 2.24) is 0 Å². The average Bonchev–Trinajstić information content (AvgIpc) is 2.37. The molecule has 2 N–H and O–H groups in total. The van der Waals surface area contributed by atoms with Crippen LogP contribution in [0.1, 0.15) is 17.5 Å². The molecular weight excluding hydrogens is 238 g/mol. The van der Waals surface area contributed by atoms with E-state index in [0.717, 1.165) is 17.9 Å². The molecule has 0 radical (unpaired) electrons. The van der Waals surface area contributed by atoms with Crippen LogP contribution in [0.3, 0.4) is 0 Å². The summed E-state index contributed by atoms with van der Waals surface area (Å²) in [6, 6.07) is 16.9. The van der Waals surface area contributed by atoms with Gasteiger partial charge in [-0.05, 0) is 55.3 Å². The van der Waals surface area contributed by atoms with Crippen molar-refractivity contribution >= 4 is 17.4 Å². The molecule has 2 rings (SSSR count). The average molecular weight is 257 g/mol. The monoisotopic (exact) mass is 257 g/mol. The first-order valence-electron chi connectivity index (χ1n) is 6.28. The zero-order chi connectivity index (χ0) is 12.8. The summed E-state index contributed by atoms with van der Waals surface area (Å²) in [5.74, 6) is 1.16. The van der Waals surface area contributed by atoms with Gasteiger partial charge in [-0.15, -0.1) is 11.8 Å². The minimum Gasteiger partial charge on any atom is -0.399 e. The van der Waals surface area contributed by atoms with E-state index in [1.54, 1.807) is 0 Å². The van der Waals surface area contributed by atoms with Gasteiger partial charge in [0.25, 0.3) is 0 Å². The van der Waals surface area contributed by atoms with Crippen molar-refractivity contribution in [2.45, 2.75) is 24.7 Å². The molecule has 1 nitrogen and oxygen atoms in total. The molecule has 0 aliphatic heterocycles. The SMILES string of the molecule is Cc1cccc(SCCCc2ccc(N)cc2)c1. The lowest BCUT2D eigenvalue weighted by atomic mass is 10.1. The molecule has 0 aliphatic rings. The maximum absolute atomic E-state index is 5.67. The van der Waals surface area contributed by atoms with Gasteiger partial charge in [0.05, 0.1) is 0 Å². The van der Waals surface area contributed by atoms with Gasteiger partial charge in [0, 0.05) is 10.6 Å². The number of aryl methyl sites for hydroxylation is 2.